The molecule has 0 rings (SSSR count). The standard InChI is InChI=1S/C8H17BrO2/c9-5-4-8-11-7-3-1-2-6-10/h10H,1-8H2. The maximum atomic E-state index is 8.46. The van der Waals surface area contributed by atoms with Crippen LogP contribution in [0.5, 0.6) is 0 Å². The Morgan fingerprint density at radius 3 is 2.36 bits per heavy atom. The third kappa shape index (κ3) is 10.4. The smallest absolute Gasteiger partial charge is 0.0474 e. The third-order valence-electron chi connectivity index (χ3n) is 1.37. The van der Waals surface area contributed by atoms with Gasteiger partial charge in [-0.2, -0.15) is 0 Å². The molecule has 2 nitrogen and oxygen atoms in total. The van der Waals surface area contributed by atoms with Gasteiger partial charge in [-0.1, -0.05) is 15.9 Å². The zero-order valence-electron chi connectivity index (χ0n) is 6.89. The molecule has 0 aliphatic rings. The van der Waals surface area contributed by atoms with Crippen LogP contribution in [0.4, 0.5) is 0 Å². The van der Waals surface area contributed by atoms with Crippen LogP contribution in [0.25, 0.3) is 0 Å². The van der Waals surface area contributed by atoms with E-state index in [1.165, 1.54) is 0 Å². The van der Waals surface area contributed by atoms with Crippen molar-refractivity contribution in [3.63, 3.8) is 0 Å². The van der Waals surface area contributed by atoms with Crippen molar-refractivity contribution in [2.75, 3.05) is 25.2 Å². The lowest BCUT2D eigenvalue weighted by Gasteiger charge is -2.01. The molecule has 0 heterocycles. The highest BCUT2D eigenvalue weighted by molar-refractivity contribution is 9.09. The minimum Gasteiger partial charge on any atom is -0.396 e. The van der Waals surface area contributed by atoms with Crippen LogP contribution in [0.3, 0.4) is 0 Å². The molecule has 0 fully saturated rings. The molecule has 0 saturated carbocycles. The summed E-state index contributed by atoms with van der Waals surface area (Å²) in [6.45, 7) is 2.00. The maximum absolute atomic E-state index is 8.46. The van der Waals surface area contributed by atoms with Crippen LogP contribution < -0.4 is 0 Å². The second kappa shape index (κ2) is 10.4. The molecule has 1 N–H and O–H groups in total. The summed E-state index contributed by atoms with van der Waals surface area (Å²) in [6.07, 6.45) is 4.13. The van der Waals surface area contributed by atoms with E-state index in [4.69, 9.17) is 9.84 Å². The molecular formula is C8H17BrO2. The summed E-state index contributed by atoms with van der Waals surface area (Å²) < 4.78 is 5.31. The number of alkyl halides is 1. The van der Waals surface area contributed by atoms with Crippen LogP contribution in [0, 0.1) is 0 Å². The summed E-state index contributed by atoms with van der Waals surface area (Å²) >= 11 is 3.33. The fourth-order valence-electron chi connectivity index (χ4n) is 0.751. The molecule has 11 heavy (non-hydrogen) atoms. The SMILES string of the molecule is OCCCCCOCCCBr. The average molecular weight is 225 g/mol. The first kappa shape index (κ1) is 11.4. The largest absolute Gasteiger partial charge is 0.396 e. The Labute approximate surface area is 77.1 Å². The normalized spacial score (nSPS) is 10.4. The molecule has 0 amide bonds. The highest BCUT2D eigenvalue weighted by Crippen LogP contribution is 1.95. The van der Waals surface area contributed by atoms with Gasteiger partial charge >= 0.3 is 0 Å². The van der Waals surface area contributed by atoms with E-state index >= 15 is 0 Å². The fourth-order valence-corrected chi connectivity index (χ4v) is 0.980. The number of aliphatic hydroxyl groups is 1. The van der Waals surface area contributed by atoms with Crippen molar-refractivity contribution in [3.8, 4) is 0 Å². The Balaban J connectivity index is 2.69. The number of unbranched alkanes of at least 4 members (excludes halogenated alkanes) is 2. The number of hydrogen-bond donors (Lipinski definition) is 1. The van der Waals surface area contributed by atoms with Gasteiger partial charge in [0.2, 0.25) is 0 Å². The molecule has 0 spiro atoms. The minimum atomic E-state index is 0.307. The van der Waals surface area contributed by atoms with Crippen molar-refractivity contribution in [2.24, 2.45) is 0 Å². The molecule has 0 atom stereocenters. The van der Waals surface area contributed by atoms with Crippen molar-refractivity contribution in [1.29, 1.82) is 0 Å². The lowest BCUT2D eigenvalue weighted by molar-refractivity contribution is 0.130. The first-order valence-corrected chi connectivity index (χ1v) is 5.28. The van der Waals surface area contributed by atoms with E-state index in [-0.39, 0.29) is 0 Å². The maximum Gasteiger partial charge on any atom is 0.0474 e. The molecule has 0 aliphatic carbocycles. The zero-order chi connectivity index (χ0) is 8.36. The van der Waals surface area contributed by atoms with Crippen LogP contribution in [0.2, 0.25) is 0 Å². The summed E-state index contributed by atoms with van der Waals surface area (Å²) in [5.74, 6) is 0. The Kier molecular flexibility index (Phi) is 10.8. The third-order valence-corrected chi connectivity index (χ3v) is 1.93. The number of hydrogen-bond acceptors (Lipinski definition) is 2. The summed E-state index contributed by atoms with van der Waals surface area (Å²) in [5, 5.41) is 9.48. The zero-order valence-corrected chi connectivity index (χ0v) is 8.48. The molecule has 0 aromatic carbocycles. The predicted molar refractivity (Wildman–Crippen MR) is 50.2 cm³/mol. The van der Waals surface area contributed by atoms with Gasteiger partial charge in [-0.25, -0.2) is 0 Å². The quantitative estimate of drug-likeness (QED) is 0.505. The van der Waals surface area contributed by atoms with E-state index in [1.54, 1.807) is 0 Å². The summed E-state index contributed by atoms with van der Waals surface area (Å²) in [6, 6.07) is 0. The molecule has 68 valence electrons. The Morgan fingerprint density at radius 2 is 1.73 bits per heavy atom. The van der Waals surface area contributed by atoms with Crippen molar-refractivity contribution >= 4 is 15.9 Å². The van der Waals surface area contributed by atoms with Gasteiger partial charge < -0.3 is 9.84 Å². The van der Waals surface area contributed by atoms with Crippen molar-refractivity contribution in [3.05, 3.63) is 0 Å². The summed E-state index contributed by atoms with van der Waals surface area (Å²) in [5.41, 5.74) is 0. The lowest BCUT2D eigenvalue weighted by atomic mass is 10.2. The predicted octanol–water partition coefficient (Wildman–Crippen LogP) is 1.95. The molecule has 0 aromatic rings. The molecule has 0 saturated heterocycles. The van der Waals surface area contributed by atoms with Gasteiger partial charge in [-0.3, -0.25) is 0 Å². The molecule has 3 heteroatoms. The summed E-state index contributed by atoms with van der Waals surface area (Å²) in [4.78, 5) is 0. The van der Waals surface area contributed by atoms with Gasteiger partial charge in [0.25, 0.3) is 0 Å². The van der Waals surface area contributed by atoms with Crippen LogP contribution >= 0.6 is 15.9 Å². The first-order chi connectivity index (χ1) is 5.41. The molecule has 0 aliphatic heterocycles. The average Bonchev–Trinajstić information content (AvgIpc) is 2.03. The van der Waals surface area contributed by atoms with Gasteiger partial charge in [0.15, 0.2) is 0 Å². The Bertz CT molecular complexity index is 61.1. The Hall–Kier alpha value is 0.400. The molecule has 0 unspecified atom stereocenters. The van der Waals surface area contributed by atoms with E-state index in [0.29, 0.717) is 6.61 Å². The number of halogens is 1. The monoisotopic (exact) mass is 224 g/mol. The van der Waals surface area contributed by atoms with Crippen molar-refractivity contribution < 1.29 is 9.84 Å². The van der Waals surface area contributed by atoms with Gasteiger partial charge in [0, 0.05) is 25.2 Å². The van der Waals surface area contributed by atoms with Gasteiger partial charge in [0.05, 0.1) is 0 Å². The van der Waals surface area contributed by atoms with E-state index in [1.807, 2.05) is 0 Å². The van der Waals surface area contributed by atoms with E-state index in [9.17, 15) is 0 Å². The Morgan fingerprint density at radius 1 is 1.00 bits per heavy atom. The van der Waals surface area contributed by atoms with Gasteiger partial charge in [0.1, 0.15) is 0 Å². The number of rotatable bonds is 8. The second-order valence-corrected chi connectivity index (χ2v) is 3.23. The van der Waals surface area contributed by atoms with Crippen molar-refractivity contribution in [1.82, 2.24) is 0 Å². The molecule has 0 bridgehead atoms. The molecule has 0 radical (unpaired) electrons. The van der Waals surface area contributed by atoms with Crippen LogP contribution in [0.1, 0.15) is 25.7 Å². The van der Waals surface area contributed by atoms with Crippen molar-refractivity contribution in [2.45, 2.75) is 25.7 Å². The fraction of sp³-hybridized carbons (Fsp3) is 1.00. The minimum absolute atomic E-state index is 0.307. The van der Waals surface area contributed by atoms with Gasteiger partial charge in [-0.05, 0) is 25.7 Å². The highest BCUT2D eigenvalue weighted by atomic mass is 79.9. The second-order valence-electron chi connectivity index (χ2n) is 2.44. The lowest BCUT2D eigenvalue weighted by Crippen LogP contribution is -1.97. The number of aliphatic hydroxyl groups excluding tert-OH is 1. The molecular weight excluding hydrogens is 208 g/mol. The highest BCUT2D eigenvalue weighted by Gasteiger charge is 1.88. The van der Waals surface area contributed by atoms with E-state index < -0.39 is 0 Å². The molecule has 0 aromatic heterocycles. The van der Waals surface area contributed by atoms with Crippen LogP contribution in [0.15, 0.2) is 0 Å². The van der Waals surface area contributed by atoms with Gasteiger partial charge in [-0.15, -0.1) is 0 Å². The first-order valence-electron chi connectivity index (χ1n) is 4.16. The topological polar surface area (TPSA) is 29.5 Å². The van der Waals surface area contributed by atoms with Crippen LogP contribution in [-0.4, -0.2) is 30.3 Å². The van der Waals surface area contributed by atoms with Crippen LogP contribution in [-0.2, 0) is 4.74 Å². The van der Waals surface area contributed by atoms with E-state index in [2.05, 4.69) is 15.9 Å². The van der Waals surface area contributed by atoms with E-state index in [0.717, 1.165) is 44.2 Å². The number of ether oxygens (including phenoxy) is 1. The summed E-state index contributed by atoms with van der Waals surface area (Å²) in [7, 11) is 0.